The van der Waals surface area contributed by atoms with Crippen molar-refractivity contribution in [3.63, 3.8) is 0 Å². The van der Waals surface area contributed by atoms with Crippen LogP contribution >= 0.6 is 11.3 Å². The molecule has 0 fully saturated rings. The molecular weight excluding hydrogens is 337 g/mol. The molecule has 0 aliphatic rings. The van der Waals surface area contributed by atoms with Crippen molar-refractivity contribution in [1.29, 1.82) is 0 Å². The molecule has 3 aromatic rings. The predicted octanol–water partition coefficient (Wildman–Crippen LogP) is 3.25. The van der Waals surface area contributed by atoms with E-state index in [1.54, 1.807) is 41.4 Å². The zero-order valence-electron chi connectivity index (χ0n) is 14.2. The SMILES string of the molecule is CN=C(NCc1ccc(-n2ccnc2C)c(F)c1)NCc1cccs1. The maximum atomic E-state index is 14.4. The number of aromatic nitrogens is 2. The van der Waals surface area contributed by atoms with Gasteiger partial charge >= 0.3 is 0 Å². The third-order valence-corrected chi connectivity index (χ3v) is 4.67. The van der Waals surface area contributed by atoms with Crippen LogP contribution in [0.2, 0.25) is 0 Å². The van der Waals surface area contributed by atoms with E-state index >= 15 is 0 Å². The lowest BCUT2D eigenvalue weighted by molar-refractivity contribution is 0.613. The van der Waals surface area contributed by atoms with Crippen LogP contribution in [0, 0.1) is 12.7 Å². The first-order chi connectivity index (χ1) is 12.2. The molecule has 2 heterocycles. The Hall–Kier alpha value is -2.67. The second-order valence-corrected chi connectivity index (χ2v) is 6.52. The maximum Gasteiger partial charge on any atom is 0.191 e. The number of imidazole rings is 1. The van der Waals surface area contributed by atoms with Crippen LogP contribution in [0.1, 0.15) is 16.3 Å². The molecule has 2 aromatic heterocycles. The summed E-state index contributed by atoms with van der Waals surface area (Å²) in [7, 11) is 1.72. The number of nitrogens with one attached hydrogen (secondary N) is 2. The van der Waals surface area contributed by atoms with Gasteiger partial charge in [-0.2, -0.15) is 0 Å². The van der Waals surface area contributed by atoms with Crippen LogP contribution in [0.25, 0.3) is 5.69 Å². The Morgan fingerprint density at radius 3 is 2.76 bits per heavy atom. The monoisotopic (exact) mass is 357 g/mol. The van der Waals surface area contributed by atoms with E-state index in [1.807, 2.05) is 24.4 Å². The summed E-state index contributed by atoms with van der Waals surface area (Å²) in [6.45, 7) is 3.05. The summed E-state index contributed by atoms with van der Waals surface area (Å²) < 4.78 is 16.1. The average Bonchev–Trinajstić information content (AvgIpc) is 3.27. The molecule has 1 aromatic carbocycles. The fourth-order valence-electron chi connectivity index (χ4n) is 2.48. The molecule has 0 radical (unpaired) electrons. The first-order valence-electron chi connectivity index (χ1n) is 7.93. The molecule has 7 heteroatoms. The van der Waals surface area contributed by atoms with Gasteiger partial charge in [0.25, 0.3) is 0 Å². The fraction of sp³-hybridized carbons (Fsp3) is 0.222. The topological polar surface area (TPSA) is 54.2 Å². The third kappa shape index (κ3) is 4.24. The van der Waals surface area contributed by atoms with Crippen molar-refractivity contribution in [2.24, 2.45) is 4.99 Å². The summed E-state index contributed by atoms with van der Waals surface area (Å²) in [6, 6.07) is 9.29. The largest absolute Gasteiger partial charge is 0.352 e. The van der Waals surface area contributed by atoms with Crippen LogP contribution in [-0.2, 0) is 13.1 Å². The first kappa shape index (κ1) is 17.2. The molecule has 0 aliphatic heterocycles. The number of benzene rings is 1. The number of aliphatic imine (C=N–C) groups is 1. The van der Waals surface area contributed by atoms with Crippen molar-refractivity contribution < 1.29 is 4.39 Å². The van der Waals surface area contributed by atoms with E-state index in [4.69, 9.17) is 0 Å². The van der Waals surface area contributed by atoms with Gasteiger partial charge in [-0.3, -0.25) is 4.99 Å². The summed E-state index contributed by atoms with van der Waals surface area (Å²) in [5, 5.41) is 8.48. The molecule has 0 amide bonds. The van der Waals surface area contributed by atoms with Crippen LogP contribution in [-0.4, -0.2) is 22.6 Å². The zero-order chi connectivity index (χ0) is 17.6. The van der Waals surface area contributed by atoms with Crippen LogP contribution in [0.3, 0.4) is 0 Å². The summed E-state index contributed by atoms with van der Waals surface area (Å²) in [5.74, 6) is 1.16. The highest BCUT2D eigenvalue weighted by atomic mass is 32.1. The predicted molar refractivity (Wildman–Crippen MR) is 99.6 cm³/mol. The van der Waals surface area contributed by atoms with Crippen molar-refractivity contribution in [1.82, 2.24) is 20.2 Å². The van der Waals surface area contributed by atoms with E-state index < -0.39 is 0 Å². The average molecular weight is 357 g/mol. The van der Waals surface area contributed by atoms with Crippen LogP contribution in [0.5, 0.6) is 0 Å². The van der Waals surface area contributed by atoms with Gasteiger partial charge in [0.2, 0.25) is 0 Å². The van der Waals surface area contributed by atoms with Crippen molar-refractivity contribution >= 4 is 17.3 Å². The van der Waals surface area contributed by atoms with Crippen LogP contribution < -0.4 is 10.6 Å². The molecule has 0 bridgehead atoms. The number of thiophene rings is 1. The Balaban J connectivity index is 1.61. The summed E-state index contributed by atoms with van der Waals surface area (Å²) >= 11 is 1.69. The van der Waals surface area contributed by atoms with Gasteiger partial charge in [-0.15, -0.1) is 11.3 Å². The molecule has 2 N–H and O–H groups in total. The lowest BCUT2D eigenvalue weighted by atomic mass is 10.2. The number of hydrogen-bond donors (Lipinski definition) is 2. The molecule has 25 heavy (non-hydrogen) atoms. The number of halogens is 1. The van der Waals surface area contributed by atoms with E-state index in [0.717, 1.165) is 11.4 Å². The molecular formula is C18H20FN5S. The molecule has 0 spiro atoms. The molecule has 130 valence electrons. The Morgan fingerprint density at radius 1 is 1.28 bits per heavy atom. The number of guanidine groups is 1. The number of aryl methyl sites for hydroxylation is 1. The summed E-state index contributed by atoms with van der Waals surface area (Å²) in [4.78, 5) is 9.55. The minimum Gasteiger partial charge on any atom is -0.352 e. The number of rotatable bonds is 5. The summed E-state index contributed by atoms with van der Waals surface area (Å²) in [6.07, 6.45) is 3.41. The van der Waals surface area contributed by atoms with Gasteiger partial charge in [-0.05, 0) is 36.1 Å². The third-order valence-electron chi connectivity index (χ3n) is 3.79. The Labute approximate surface area is 150 Å². The van der Waals surface area contributed by atoms with Crippen molar-refractivity contribution in [3.8, 4) is 5.69 Å². The fourth-order valence-corrected chi connectivity index (χ4v) is 3.12. The van der Waals surface area contributed by atoms with Crippen LogP contribution in [0.4, 0.5) is 4.39 Å². The molecule has 0 saturated carbocycles. The van der Waals surface area contributed by atoms with Crippen molar-refractivity contribution in [3.05, 3.63) is 70.2 Å². The Kier molecular flexibility index (Phi) is 5.45. The first-order valence-corrected chi connectivity index (χ1v) is 8.81. The van der Waals surface area contributed by atoms with Gasteiger partial charge < -0.3 is 15.2 Å². The molecule has 0 saturated heterocycles. The van der Waals surface area contributed by atoms with Crippen molar-refractivity contribution in [2.75, 3.05) is 7.05 Å². The highest BCUT2D eigenvalue weighted by Crippen LogP contribution is 2.16. The van der Waals surface area contributed by atoms with Gasteiger partial charge in [-0.25, -0.2) is 9.37 Å². The second-order valence-electron chi connectivity index (χ2n) is 5.49. The van der Waals surface area contributed by atoms with E-state index in [9.17, 15) is 4.39 Å². The van der Waals surface area contributed by atoms with E-state index in [0.29, 0.717) is 24.7 Å². The minimum atomic E-state index is -0.276. The lowest BCUT2D eigenvalue weighted by Crippen LogP contribution is -2.36. The van der Waals surface area contributed by atoms with Gasteiger partial charge in [-0.1, -0.05) is 12.1 Å². The Morgan fingerprint density at radius 2 is 2.12 bits per heavy atom. The standard InChI is InChI=1S/C18H20FN5S/c1-13-21-7-8-24(13)17-6-5-14(10-16(17)19)11-22-18(20-2)23-12-15-4-3-9-25-15/h3-10H,11-12H2,1-2H3,(H2,20,22,23). The van der Waals surface area contributed by atoms with Gasteiger partial charge in [0.1, 0.15) is 11.6 Å². The van der Waals surface area contributed by atoms with Gasteiger partial charge in [0, 0.05) is 30.9 Å². The molecule has 0 atom stereocenters. The second kappa shape index (κ2) is 7.94. The minimum absolute atomic E-state index is 0.276. The van der Waals surface area contributed by atoms with Gasteiger partial charge in [0.15, 0.2) is 5.96 Å². The van der Waals surface area contributed by atoms with E-state index in [2.05, 4.69) is 26.7 Å². The normalized spacial score (nSPS) is 11.6. The molecule has 5 nitrogen and oxygen atoms in total. The van der Waals surface area contributed by atoms with E-state index in [1.165, 1.54) is 10.9 Å². The maximum absolute atomic E-state index is 14.4. The van der Waals surface area contributed by atoms with E-state index in [-0.39, 0.29) is 5.82 Å². The van der Waals surface area contributed by atoms with Crippen LogP contribution in [0.15, 0.2) is 53.1 Å². The lowest BCUT2D eigenvalue weighted by Gasteiger charge is -2.12. The highest BCUT2D eigenvalue weighted by Gasteiger charge is 2.08. The summed E-state index contributed by atoms with van der Waals surface area (Å²) in [5.41, 5.74) is 1.34. The Bertz CT molecular complexity index is 854. The quantitative estimate of drug-likeness (QED) is 0.544. The molecule has 0 aliphatic carbocycles. The smallest absolute Gasteiger partial charge is 0.191 e. The zero-order valence-corrected chi connectivity index (χ0v) is 15.0. The molecule has 0 unspecified atom stereocenters. The number of nitrogens with zero attached hydrogens (tertiary/aromatic N) is 3. The molecule has 3 rings (SSSR count). The highest BCUT2D eigenvalue weighted by molar-refractivity contribution is 7.09. The van der Waals surface area contributed by atoms with Gasteiger partial charge in [0.05, 0.1) is 12.2 Å². The van der Waals surface area contributed by atoms with Crippen molar-refractivity contribution in [2.45, 2.75) is 20.0 Å². The number of hydrogen-bond acceptors (Lipinski definition) is 3.